The van der Waals surface area contributed by atoms with E-state index in [0.717, 1.165) is 44.6 Å². The quantitative estimate of drug-likeness (QED) is 0.336. The van der Waals surface area contributed by atoms with Crippen LogP contribution in [0.2, 0.25) is 0 Å². The van der Waals surface area contributed by atoms with Crippen LogP contribution in [0.15, 0.2) is 67.0 Å². The fraction of sp³-hybridized carbons (Fsp3) is 0.115. The first-order chi connectivity index (χ1) is 17.0. The van der Waals surface area contributed by atoms with Crippen molar-refractivity contribution in [2.45, 2.75) is 6.92 Å². The van der Waals surface area contributed by atoms with Crippen molar-refractivity contribution in [3.63, 3.8) is 0 Å². The van der Waals surface area contributed by atoms with Gasteiger partial charge in [0.1, 0.15) is 11.6 Å². The Morgan fingerprint density at radius 3 is 2.86 bits per heavy atom. The fourth-order valence-electron chi connectivity index (χ4n) is 4.43. The highest BCUT2D eigenvalue weighted by molar-refractivity contribution is 6.12. The van der Waals surface area contributed by atoms with Gasteiger partial charge in [-0.1, -0.05) is 18.2 Å². The summed E-state index contributed by atoms with van der Waals surface area (Å²) in [5.41, 5.74) is 12.7. The van der Waals surface area contributed by atoms with E-state index >= 15 is 0 Å². The summed E-state index contributed by atoms with van der Waals surface area (Å²) in [4.78, 5) is 29.5. The van der Waals surface area contributed by atoms with Crippen molar-refractivity contribution in [1.29, 1.82) is 0 Å². The highest BCUT2D eigenvalue weighted by atomic mass is 16.7. The van der Waals surface area contributed by atoms with E-state index in [9.17, 15) is 4.79 Å². The molecule has 0 saturated carbocycles. The molecule has 3 aromatic heterocycles. The maximum Gasteiger partial charge on any atom is 0.214 e. The number of nitrogen functional groups attached to an aromatic ring is 1. The molecule has 2 aromatic carbocycles. The molecule has 0 atom stereocenters. The van der Waals surface area contributed by atoms with Crippen LogP contribution in [0, 0.1) is 6.92 Å². The van der Waals surface area contributed by atoms with Gasteiger partial charge in [-0.25, -0.2) is 9.67 Å². The van der Waals surface area contributed by atoms with Crippen LogP contribution in [0.4, 0.5) is 5.82 Å². The van der Waals surface area contributed by atoms with E-state index in [2.05, 4.69) is 26.1 Å². The van der Waals surface area contributed by atoms with Gasteiger partial charge in [0.15, 0.2) is 0 Å². The molecule has 9 nitrogen and oxygen atoms in total. The molecule has 1 aliphatic rings. The van der Waals surface area contributed by atoms with Crippen molar-refractivity contribution >= 4 is 39.1 Å². The monoisotopic (exact) mass is 465 g/mol. The first-order valence-corrected chi connectivity index (χ1v) is 11.2. The highest BCUT2D eigenvalue weighted by Crippen LogP contribution is 2.27. The second kappa shape index (κ2) is 8.00. The number of aryl methyl sites for hydroxylation is 1. The number of carbonyl (C=O) groups is 1. The molecule has 0 spiro atoms. The molecule has 4 heterocycles. The minimum absolute atomic E-state index is 0.213. The average Bonchev–Trinajstić information content (AvgIpc) is 3.58. The number of rotatable bonds is 5. The van der Waals surface area contributed by atoms with Crippen molar-refractivity contribution in [3.8, 4) is 5.69 Å². The number of nitrogens with two attached hydrogens (primary N) is 1. The number of nitrogens with one attached hydrogen (secondary N) is 2. The van der Waals surface area contributed by atoms with E-state index in [1.807, 2.05) is 61.7 Å². The lowest BCUT2D eigenvalue weighted by Gasteiger charge is -2.22. The third-order valence-corrected chi connectivity index (χ3v) is 6.23. The minimum Gasteiger partial charge on any atom is -0.383 e. The van der Waals surface area contributed by atoms with Crippen LogP contribution in [-0.2, 0) is 4.84 Å². The minimum atomic E-state index is -0.213. The van der Waals surface area contributed by atoms with Crippen molar-refractivity contribution in [1.82, 2.24) is 29.8 Å². The molecular weight excluding hydrogens is 442 g/mol. The number of nitrogens with zero attached hydrogens (tertiary/aromatic N) is 4. The Kier molecular flexibility index (Phi) is 4.78. The maximum atomic E-state index is 13.3. The van der Waals surface area contributed by atoms with E-state index in [-0.39, 0.29) is 11.6 Å². The molecule has 0 saturated heterocycles. The Labute approximate surface area is 200 Å². The van der Waals surface area contributed by atoms with Gasteiger partial charge in [0.2, 0.25) is 5.78 Å². The molecule has 6 rings (SSSR count). The second-order valence-electron chi connectivity index (χ2n) is 8.48. The van der Waals surface area contributed by atoms with Crippen LogP contribution >= 0.6 is 0 Å². The number of carbonyl (C=O) groups excluding carboxylic acids is 1. The summed E-state index contributed by atoms with van der Waals surface area (Å²) in [5, 5.41) is 7.08. The molecular formula is C26H23N7O2. The van der Waals surface area contributed by atoms with Gasteiger partial charge in [-0.2, -0.15) is 5.10 Å². The van der Waals surface area contributed by atoms with Gasteiger partial charge >= 0.3 is 0 Å². The van der Waals surface area contributed by atoms with Crippen LogP contribution in [-0.4, -0.2) is 49.2 Å². The van der Waals surface area contributed by atoms with Gasteiger partial charge in [-0.15, -0.1) is 0 Å². The van der Waals surface area contributed by atoms with Gasteiger partial charge in [0.25, 0.3) is 0 Å². The molecule has 9 heteroatoms. The van der Waals surface area contributed by atoms with Crippen molar-refractivity contribution in [2.75, 3.05) is 19.4 Å². The third kappa shape index (κ3) is 3.58. The summed E-state index contributed by atoms with van der Waals surface area (Å²) in [6.45, 7) is 2.55. The summed E-state index contributed by atoms with van der Waals surface area (Å²) < 4.78 is 1.56. The number of fused-ring (bicyclic) bond motifs is 2. The Morgan fingerprint density at radius 2 is 2.00 bits per heavy atom. The molecule has 174 valence electrons. The van der Waals surface area contributed by atoms with Crippen LogP contribution in [0.5, 0.6) is 0 Å². The first kappa shape index (κ1) is 20.9. The van der Waals surface area contributed by atoms with Crippen LogP contribution in [0.1, 0.15) is 27.4 Å². The van der Waals surface area contributed by atoms with Crippen molar-refractivity contribution < 1.29 is 9.63 Å². The van der Waals surface area contributed by atoms with Crippen molar-refractivity contribution in [2.24, 2.45) is 0 Å². The lowest BCUT2D eigenvalue weighted by molar-refractivity contribution is -0.0770. The van der Waals surface area contributed by atoms with E-state index in [1.165, 1.54) is 6.20 Å². The zero-order valence-electron chi connectivity index (χ0n) is 19.2. The molecule has 1 aliphatic heterocycles. The number of aromatic amines is 2. The number of benzene rings is 2. The Morgan fingerprint density at radius 1 is 1.11 bits per heavy atom. The topological polar surface area (TPSA) is 118 Å². The molecule has 5 aromatic rings. The van der Waals surface area contributed by atoms with Gasteiger partial charge in [-0.3, -0.25) is 14.7 Å². The molecule has 35 heavy (non-hydrogen) atoms. The standard InChI is InChI=1S/C26H23N7O2/c1-15-29-21-8-7-19(12-23(21)30-15)33-26(27)20(13-28-33)25(34)24-11-17-6-5-16(10-22(17)31-24)18-4-3-9-32(14-18)35-2/h3-13,31H,14,27H2,1-2H3,(H,29,30). The number of anilines is 1. The van der Waals surface area contributed by atoms with Crippen molar-refractivity contribution in [3.05, 3.63) is 89.7 Å². The number of H-pyrrole nitrogens is 2. The van der Waals surface area contributed by atoms with Crippen LogP contribution in [0.25, 0.3) is 33.2 Å². The number of ketones is 1. The fourth-order valence-corrected chi connectivity index (χ4v) is 4.43. The van der Waals surface area contributed by atoms with E-state index in [4.69, 9.17) is 10.6 Å². The van der Waals surface area contributed by atoms with E-state index in [0.29, 0.717) is 17.8 Å². The number of allylic oxidation sites excluding steroid dienone is 2. The molecule has 0 bridgehead atoms. The Hall–Kier alpha value is -4.63. The third-order valence-electron chi connectivity index (χ3n) is 6.23. The van der Waals surface area contributed by atoms with E-state index in [1.54, 1.807) is 16.9 Å². The zero-order valence-corrected chi connectivity index (χ0v) is 19.2. The molecule has 4 N–H and O–H groups in total. The smallest absolute Gasteiger partial charge is 0.214 e. The van der Waals surface area contributed by atoms with Crippen LogP contribution < -0.4 is 5.73 Å². The number of imidazole rings is 1. The lowest BCUT2D eigenvalue weighted by Crippen LogP contribution is -2.20. The number of hydroxylamine groups is 2. The van der Waals surface area contributed by atoms with Gasteiger partial charge in [0.05, 0.1) is 47.8 Å². The highest BCUT2D eigenvalue weighted by Gasteiger charge is 2.20. The van der Waals surface area contributed by atoms with E-state index < -0.39 is 0 Å². The summed E-state index contributed by atoms with van der Waals surface area (Å²) >= 11 is 0. The summed E-state index contributed by atoms with van der Waals surface area (Å²) in [7, 11) is 1.64. The molecule has 0 amide bonds. The lowest BCUT2D eigenvalue weighted by atomic mass is 10.0. The van der Waals surface area contributed by atoms with Gasteiger partial charge in [-0.05, 0) is 54.5 Å². The Balaban J connectivity index is 1.31. The molecule has 0 aliphatic carbocycles. The van der Waals surface area contributed by atoms with Gasteiger partial charge in [0, 0.05) is 17.1 Å². The zero-order chi connectivity index (χ0) is 24.1. The Bertz CT molecular complexity index is 1670. The second-order valence-corrected chi connectivity index (χ2v) is 8.48. The maximum absolute atomic E-state index is 13.3. The van der Waals surface area contributed by atoms with Crippen LogP contribution in [0.3, 0.4) is 0 Å². The molecule has 0 unspecified atom stereocenters. The summed E-state index contributed by atoms with van der Waals surface area (Å²) in [6.07, 6.45) is 7.40. The normalized spacial score (nSPS) is 13.7. The summed E-state index contributed by atoms with van der Waals surface area (Å²) in [6, 6.07) is 13.6. The molecule has 0 radical (unpaired) electrons. The number of aromatic nitrogens is 5. The summed E-state index contributed by atoms with van der Waals surface area (Å²) in [5.74, 6) is 0.898. The number of hydrogen-bond donors (Lipinski definition) is 3. The SMILES string of the molecule is CON1C=CC=C(c2ccc3cc(C(=O)c4cnn(-c5ccc6nc(C)[nH]c6c5)c4N)[nH]c3c2)C1. The predicted octanol–water partition coefficient (Wildman–Crippen LogP) is 4.13. The van der Waals surface area contributed by atoms with Gasteiger partial charge < -0.3 is 15.7 Å². The predicted molar refractivity (Wildman–Crippen MR) is 135 cm³/mol. The first-order valence-electron chi connectivity index (χ1n) is 11.2. The largest absolute Gasteiger partial charge is 0.383 e. The number of hydrogen-bond acceptors (Lipinski definition) is 6. The average molecular weight is 466 g/mol. The molecule has 0 fully saturated rings.